The van der Waals surface area contributed by atoms with Crippen molar-refractivity contribution in [1.29, 1.82) is 0 Å². The first-order chi connectivity index (χ1) is 11.7. The van der Waals surface area contributed by atoms with Crippen LogP contribution < -0.4 is 0 Å². The molecule has 2 aromatic heterocycles. The molecule has 0 N–H and O–H groups in total. The van der Waals surface area contributed by atoms with E-state index in [0.29, 0.717) is 0 Å². The minimum Gasteiger partial charge on any atom is -0.161 e. The minimum atomic E-state index is 0.763. The normalized spacial score (nSPS) is 20.0. The number of aryl methyl sites for hydroxylation is 2. The first kappa shape index (κ1) is 18.5. The number of thiophene rings is 2. The summed E-state index contributed by atoms with van der Waals surface area (Å²) in [4.78, 5) is 12.5. The maximum atomic E-state index is 2.32. The summed E-state index contributed by atoms with van der Waals surface area (Å²) in [5.74, 6) is 6.31. The maximum absolute atomic E-state index is 2.32. The molecular weight excluding hydrogens is 429 g/mol. The zero-order valence-electron chi connectivity index (χ0n) is 14.0. The Balaban J connectivity index is 1.73. The SMILES string of the molecule is CCSCC1CSc2c(C)sc(-c3sc(C)c4c3SCCS4)c2S1. The van der Waals surface area contributed by atoms with Crippen LogP contribution in [0, 0.1) is 13.8 Å². The van der Waals surface area contributed by atoms with Gasteiger partial charge >= 0.3 is 0 Å². The molecule has 1 unspecified atom stereocenters. The highest BCUT2D eigenvalue weighted by Gasteiger charge is 2.30. The lowest BCUT2D eigenvalue weighted by atomic mass is 10.3. The topological polar surface area (TPSA) is 0 Å². The first-order valence-electron chi connectivity index (χ1n) is 8.09. The molecule has 0 bridgehead atoms. The second-order valence-corrected chi connectivity index (χ2v) is 14.0. The summed E-state index contributed by atoms with van der Waals surface area (Å²) in [5, 5.41) is 0.763. The summed E-state index contributed by atoms with van der Waals surface area (Å²) in [5.41, 5.74) is 0. The van der Waals surface area contributed by atoms with E-state index in [1.165, 1.54) is 38.5 Å². The number of hydrogen-bond donors (Lipinski definition) is 0. The average molecular weight is 449 g/mol. The summed E-state index contributed by atoms with van der Waals surface area (Å²) in [6.07, 6.45) is 0. The van der Waals surface area contributed by atoms with E-state index in [0.717, 1.165) is 5.25 Å². The van der Waals surface area contributed by atoms with Crippen LogP contribution in [0.2, 0.25) is 0 Å². The van der Waals surface area contributed by atoms with Gasteiger partial charge in [0.1, 0.15) is 0 Å². The lowest BCUT2D eigenvalue weighted by Crippen LogP contribution is -2.13. The van der Waals surface area contributed by atoms with E-state index in [1.807, 2.05) is 22.7 Å². The van der Waals surface area contributed by atoms with Gasteiger partial charge in [-0.05, 0) is 19.6 Å². The third-order valence-corrected chi connectivity index (χ3v) is 13.8. The van der Waals surface area contributed by atoms with Crippen LogP contribution >= 0.6 is 81.5 Å². The maximum Gasteiger partial charge on any atom is 0.0605 e. The lowest BCUT2D eigenvalue weighted by Gasteiger charge is -2.22. The summed E-state index contributed by atoms with van der Waals surface area (Å²) < 4.78 is 0. The van der Waals surface area contributed by atoms with Crippen LogP contribution in [0.5, 0.6) is 0 Å². The van der Waals surface area contributed by atoms with Gasteiger partial charge in [-0.25, -0.2) is 0 Å². The monoisotopic (exact) mass is 448 g/mol. The highest BCUT2D eigenvalue weighted by atomic mass is 32.2. The molecule has 0 radical (unpaired) electrons. The third kappa shape index (κ3) is 3.48. The summed E-state index contributed by atoms with van der Waals surface area (Å²) in [7, 11) is 0. The van der Waals surface area contributed by atoms with Crippen LogP contribution in [0.25, 0.3) is 9.75 Å². The van der Waals surface area contributed by atoms with Gasteiger partial charge in [-0.15, -0.1) is 69.7 Å². The molecule has 2 aromatic rings. The number of fused-ring (bicyclic) bond motifs is 2. The van der Waals surface area contributed by atoms with E-state index < -0.39 is 0 Å². The van der Waals surface area contributed by atoms with E-state index in [4.69, 9.17) is 0 Å². The molecule has 130 valence electrons. The Labute approximate surface area is 174 Å². The van der Waals surface area contributed by atoms with Gasteiger partial charge in [0.15, 0.2) is 0 Å². The Bertz CT molecular complexity index is 743. The molecule has 0 nitrogen and oxygen atoms in total. The van der Waals surface area contributed by atoms with E-state index in [-0.39, 0.29) is 0 Å². The molecule has 0 saturated carbocycles. The third-order valence-electron chi connectivity index (χ3n) is 3.96. The van der Waals surface area contributed by atoms with Gasteiger partial charge in [-0.2, -0.15) is 11.8 Å². The average Bonchev–Trinajstić information content (AvgIpc) is 3.11. The Hall–Kier alpha value is 1.15. The molecule has 0 spiro atoms. The summed E-state index contributed by atoms with van der Waals surface area (Å²) >= 11 is 14.6. The van der Waals surface area contributed by atoms with Gasteiger partial charge in [0, 0.05) is 57.6 Å². The molecule has 2 aliphatic rings. The van der Waals surface area contributed by atoms with Gasteiger partial charge in [0.25, 0.3) is 0 Å². The number of thioether (sulfide) groups is 5. The molecule has 4 rings (SSSR count). The van der Waals surface area contributed by atoms with Crippen molar-refractivity contribution in [1.82, 2.24) is 0 Å². The highest BCUT2D eigenvalue weighted by molar-refractivity contribution is 8.08. The fourth-order valence-corrected chi connectivity index (χ4v) is 12.7. The van der Waals surface area contributed by atoms with E-state index >= 15 is 0 Å². The van der Waals surface area contributed by atoms with Crippen LogP contribution in [0.15, 0.2) is 19.6 Å². The van der Waals surface area contributed by atoms with Gasteiger partial charge in [0.05, 0.1) is 9.75 Å². The first-order valence-corrected chi connectivity index (χ1v) is 14.7. The zero-order valence-corrected chi connectivity index (χ0v) is 19.7. The Morgan fingerprint density at radius 1 is 0.875 bits per heavy atom. The molecule has 2 aliphatic heterocycles. The second kappa shape index (κ2) is 8.03. The van der Waals surface area contributed by atoms with Crippen molar-refractivity contribution >= 4 is 81.5 Å². The molecule has 0 aromatic carbocycles. The van der Waals surface area contributed by atoms with Gasteiger partial charge in [-0.3, -0.25) is 0 Å². The molecule has 1 atom stereocenters. The van der Waals surface area contributed by atoms with Crippen LogP contribution in [0.3, 0.4) is 0 Å². The molecular formula is C17H20S7. The fourth-order valence-electron chi connectivity index (χ4n) is 2.88. The summed E-state index contributed by atoms with van der Waals surface area (Å²) in [6.45, 7) is 6.89. The zero-order chi connectivity index (χ0) is 16.7. The number of rotatable bonds is 4. The van der Waals surface area contributed by atoms with Crippen molar-refractivity contribution in [2.24, 2.45) is 0 Å². The van der Waals surface area contributed by atoms with Gasteiger partial charge in [-0.1, -0.05) is 6.92 Å². The molecule has 0 saturated heterocycles. The predicted molar refractivity (Wildman–Crippen MR) is 122 cm³/mol. The van der Waals surface area contributed by atoms with Crippen molar-refractivity contribution in [2.45, 2.75) is 45.6 Å². The molecule has 0 aliphatic carbocycles. The highest BCUT2D eigenvalue weighted by Crippen LogP contribution is 2.57. The molecule has 7 heteroatoms. The Morgan fingerprint density at radius 2 is 1.50 bits per heavy atom. The fraction of sp³-hybridized carbons (Fsp3) is 0.529. The van der Waals surface area contributed by atoms with Crippen LogP contribution in [-0.4, -0.2) is 34.0 Å². The second-order valence-electron chi connectivity index (χ2n) is 5.70. The Kier molecular flexibility index (Phi) is 6.19. The van der Waals surface area contributed by atoms with E-state index in [2.05, 4.69) is 79.6 Å². The number of hydrogen-bond acceptors (Lipinski definition) is 7. The molecule has 0 fully saturated rings. The molecule has 24 heavy (non-hydrogen) atoms. The quantitative estimate of drug-likeness (QED) is 0.470. The molecule has 4 heterocycles. The standard InChI is InChI=1S/C17H20S7/c1-4-18-7-11-8-21-13-10(3)23-17(15(13)24-11)16-14-12(9(2)22-16)19-5-6-20-14/h11H,4-8H2,1-3H3. The Morgan fingerprint density at radius 3 is 2.21 bits per heavy atom. The van der Waals surface area contributed by atoms with Crippen molar-refractivity contribution in [3.05, 3.63) is 9.75 Å². The van der Waals surface area contributed by atoms with Crippen LogP contribution in [0.4, 0.5) is 0 Å². The summed E-state index contributed by atoms with van der Waals surface area (Å²) in [6, 6.07) is 0. The van der Waals surface area contributed by atoms with E-state index in [9.17, 15) is 0 Å². The van der Waals surface area contributed by atoms with E-state index in [1.54, 1.807) is 29.3 Å². The minimum absolute atomic E-state index is 0.763. The largest absolute Gasteiger partial charge is 0.161 e. The van der Waals surface area contributed by atoms with Crippen LogP contribution in [0.1, 0.15) is 16.7 Å². The van der Waals surface area contributed by atoms with Crippen molar-refractivity contribution in [3.63, 3.8) is 0 Å². The van der Waals surface area contributed by atoms with Gasteiger partial charge < -0.3 is 0 Å². The predicted octanol–water partition coefficient (Wildman–Crippen LogP) is 7.61. The van der Waals surface area contributed by atoms with Gasteiger partial charge in [0.2, 0.25) is 0 Å². The van der Waals surface area contributed by atoms with Crippen molar-refractivity contribution in [3.8, 4) is 9.75 Å². The smallest absolute Gasteiger partial charge is 0.0605 e. The lowest BCUT2D eigenvalue weighted by molar-refractivity contribution is 1.10. The molecule has 0 amide bonds. The van der Waals surface area contributed by atoms with Crippen molar-refractivity contribution in [2.75, 3.05) is 28.8 Å². The van der Waals surface area contributed by atoms with Crippen molar-refractivity contribution < 1.29 is 0 Å². The van der Waals surface area contributed by atoms with Crippen LogP contribution in [-0.2, 0) is 0 Å².